The maximum atomic E-state index is 13.0. The molecule has 8 heteroatoms. The quantitative estimate of drug-likeness (QED) is 0.767. The normalized spacial score (nSPS) is 19.0. The van der Waals surface area contributed by atoms with E-state index in [1.165, 1.54) is 17.0 Å². The second-order valence-electron chi connectivity index (χ2n) is 9.35. The number of piperidine rings is 1. The van der Waals surface area contributed by atoms with Gasteiger partial charge in [-0.3, -0.25) is 9.79 Å². The Hall–Kier alpha value is -2.71. The third-order valence-corrected chi connectivity index (χ3v) is 8.07. The highest BCUT2D eigenvalue weighted by Crippen LogP contribution is 2.32. The van der Waals surface area contributed by atoms with Crippen molar-refractivity contribution in [2.45, 2.75) is 49.6 Å². The molecule has 2 aliphatic heterocycles. The van der Waals surface area contributed by atoms with E-state index in [0.29, 0.717) is 24.3 Å². The number of carbonyl (C=O) groups is 1. The van der Waals surface area contributed by atoms with Gasteiger partial charge in [0.15, 0.2) is 0 Å². The molecule has 4 rings (SSSR count). The minimum atomic E-state index is -3.61. The van der Waals surface area contributed by atoms with Crippen LogP contribution in [0.4, 0.5) is 0 Å². The van der Waals surface area contributed by atoms with Crippen LogP contribution in [0.1, 0.15) is 44.7 Å². The van der Waals surface area contributed by atoms with Gasteiger partial charge in [-0.05, 0) is 35.2 Å². The molecule has 0 unspecified atom stereocenters. The molecule has 1 spiro atoms. The molecule has 170 valence electrons. The van der Waals surface area contributed by atoms with Gasteiger partial charge >= 0.3 is 0 Å². The summed E-state index contributed by atoms with van der Waals surface area (Å²) < 4.78 is 32.6. The lowest BCUT2D eigenvalue weighted by Crippen LogP contribution is -2.52. The Morgan fingerprint density at radius 3 is 2.12 bits per heavy atom. The van der Waals surface area contributed by atoms with Crippen molar-refractivity contribution in [1.82, 2.24) is 9.62 Å². The van der Waals surface area contributed by atoms with Crippen LogP contribution in [0, 0.1) is 0 Å². The molecule has 0 atom stereocenters. The van der Waals surface area contributed by atoms with E-state index in [1.54, 1.807) is 24.3 Å². The molecule has 0 radical (unpaired) electrons. The van der Waals surface area contributed by atoms with Crippen LogP contribution >= 0.6 is 0 Å². The summed E-state index contributed by atoms with van der Waals surface area (Å²) in [6, 6.07) is 14.3. The van der Waals surface area contributed by atoms with Crippen LogP contribution in [-0.2, 0) is 20.2 Å². The highest BCUT2D eigenvalue weighted by atomic mass is 32.2. The first-order valence-corrected chi connectivity index (χ1v) is 12.2. The van der Waals surface area contributed by atoms with Gasteiger partial charge in [-0.2, -0.15) is 4.31 Å². The van der Waals surface area contributed by atoms with Gasteiger partial charge in [-0.1, -0.05) is 45.0 Å². The molecule has 2 aromatic rings. The zero-order valence-corrected chi connectivity index (χ0v) is 19.7. The van der Waals surface area contributed by atoms with Crippen molar-refractivity contribution < 1.29 is 17.9 Å². The van der Waals surface area contributed by atoms with Crippen molar-refractivity contribution in [2.75, 3.05) is 20.2 Å². The molecular weight excluding hydrogens is 426 g/mol. The second-order valence-corrected chi connectivity index (χ2v) is 11.3. The van der Waals surface area contributed by atoms with E-state index in [4.69, 9.17) is 9.73 Å². The molecule has 1 amide bonds. The third-order valence-electron chi connectivity index (χ3n) is 6.16. The van der Waals surface area contributed by atoms with Crippen LogP contribution < -0.4 is 10.1 Å². The molecule has 0 aromatic heterocycles. The van der Waals surface area contributed by atoms with Crippen molar-refractivity contribution in [3.05, 3.63) is 59.7 Å². The van der Waals surface area contributed by atoms with Crippen LogP contribution in [0.15, 0.2) is 58.4 Å². The predicted octanol–water partition coefficient (Wildman–Crippen LogP) is 3.09. The number of methoxy groups -OCH3 is 1. The Balaban J connectivity index is 1.50. The molecule has 0 aliphatic carbocycles. The van der Waals surface area contributed by atoms with Gasteiger partial charge in [0.1, 0.15) is 17.1 Å². The number of nitrogens with zero attached hydrogens (tertiary/aromatic N) is 2. The number of aliphatic imine (C=N–C) groups is 1. The fraction of sp³-hybridized carbons (Fsp3) is 0.417. The smallest absolute Gasteiger partial charge is 0.272 e. The summed E-state index contributed by atoms with van der Waals surface area (Å²) in [5.74, 6) is 0.396. The van der Waals surface area contributed by atoms with Crippen LogP contribution in [0.25, 0.3) is 0 Å². The first-order valence-electron chi connectivity index (χ1n) is 10.7. The topological polar surface area (TPSA) is 88.1 Å². The molecule has 0 bridgehead atoms. The van der Waals surface area contributed by atoms with E-state index < -0.39 is 15.7 Å². The van der Waals surface area contributed by atoms with E-state index >= 15 is 0 Å². The summed E-state index contributed by atoms with van der Waals surface area (Å²) >= 11 is 0. The summed E-state index contributed by atoms with van der Waals surface area (Å²) in [5, 5.41) is 3.01. The fourth-order valence-corrected chi connectivity index (χ4v) is 5.56. The number of nitrogens with one attached hydrogen (secondary N) is 1. The summed E-state index contributed by atoms with van der Waals surface area (Å²) in [5.41, 5.74) is 1.66. The summed E-state index contributed by atoms with van der Waals surface area (Å²) in [6.45, 7) is 7.00. The Bertz CT molecular complexity index is 1140. The fourth-order valence-electron chi connectivity index (χ4n) is 4.12. The number of carbonyl (C=O) groups excluding carboxylic acids is 1. The van der Waals surface area contributed by atoms with E-state index in [9.17, 15) is 13.2 Å². The van der Waals surface area contributed by atoms with Crippen molar-refractivity contribution in [3.8, 4) is 5.75 Å². The minimum absolute atomic E-state index is 0.0295. The predicted molar refractivity (Wildman–Crippen MR) is 124 cm³/mol. The average molecular weight is 456 g/mol. The average Bonchev–Trinajstić information content (AvgIpc) is 3.09. The van der Waals surface area contributed by atoms with E-state index in [-0.39, 0.29) is 29.3 Å². The second kappa shape index (κ2) is 8.01. The molecule has 1 saturated heterocycles. The largest absolute Gasteiger partial charge is 0.497 e. The zero-order valence-electron chi connectivity index (χ0n) is 18.9. The molecule has 1 fully saturated rings. The third kappa shape index (κ3) is 4.17. The Morgan fingerprint density at radius 2 is 1.59 bits per heavy atom. The van der Waals surface area contributed by atoms with Gasteiger partial charge < -0.3 is 10.1 Å². The number of hydrogen-bond acceptors (Lipinski definition) is 5. The maximum Gasteiger partial charge on any atom is 0.272 e. The minimum Gasteiger partial charge on any atom is -0.497 e. The Labute approximate surface area is 189 Å². The molecule has 32 heavy (non-hydrogen) atoms. The molecule has 0 saturated carbocycles. The van der Waals surface area contributed by atoms with Crippen LogP contribution in [0.2, 0.25) is 0 Å². The van der Waals surface area contributed by atoms with Gasteiger partial charge in [0, 0.05) is 31.5 Å². The summed E-state index contributed by atoms with van der Waals surface area (Å²) in [6.07, 6.45) is 0.857. The molecule has 2 aliphatic rings. The Kier molecular flexibility index (Phi) is 5.63. The first kappa shape index (κ1) is 22.5. The number of sulfonamides is 1. The number of amides is 1. The van der Waals surface area contributed by atoms with Gasteiger partial charge in [-0.25, -0.2) is 8.42 Å². The van der Waals surface area contributed by atoms with Gasteiger partial charge in [-0.15, -0.1) is 0 Å². The molecule has 7 nitrogen and oxygen atoms in total. The zero-order chi connectivity index (χ0) is 23.1. The van der Waals surface area contributed by atoms with Crippen molar-refractivity contribution in [1.29, 1.82) is 0 Å². The first-order chi connectivity index (χ1) is 15.0. The summed E-state index contributed by atoms with van der Waals surface area (Å²) in [7, 11) is -2.08. The highest BCUT2D eigenvalue weighted by molar-refractivity contribution is 7.89. The monoisotopic (exact) mass is 455 g/mol. The standard InChI is InChI=1S/C24H29N3O4S/c1-23(2,3)18-7-5-17(6-8-18)21-22(28)26-24(25-21)13-15-27(16-14-24)32(29,30)20-11-9-19(31-4)10-12-20/h5-12H,13-16H2,1-4H3,(H,26,28). The molecule has 2 aromatic carbocycles. The molecule has 1 N–H and O–H groups in total. The number of benzene rings is 2. The lowest BCUT2D eigenvalue weighted by atomic mass is 9.86. The molecular formula is C24H29N3O4S. The number of hydrogen-bond donors (Lipinski definition) is 1. The van der Waals surface area contributed by atoms with Crippen LogP contribution in [0.3, 0.4) is 0 Å². The number of rotatable bonds is 4. The van der Waals surface area contributed by atoms with Crippen LogP contribution in [0.5, 0.6) is 5.75 Å². The number of ether oxygens (including phenoxy) is 1. The van der Waals surface area contributed by atoms with Gasteiger partial charge in [0.25, 0.3) is 5.91 Å². The van der Waals surface area contributed by atoms with Gasteiger partial charge in [0.05, 0.1) is 12.0 Å². The Morgan fingerprint density at radius 1 is 1.00 bits per heavy atom. The van der Waals surface area contributed by atoms with Crippen molar-refractivity contribution in [3.63, 3.8) is 0 Å². The maximum absolute atomic E-state index is 13.0. The molecule has 2 heterocycles. The van der Waals surface area contributed by atoms with Crippen molar-refractivity contribution in [2.24, 2.45) is 4.99 Å². The highest BCUT2D eigenvalue weighted by Gasteiger charge is 2.44. The van der Waals surface area contributed by atoms with E-state index in [2.05, 4.69) is 26.1 Å². The summed E-state index contributed by atoms with van der Waals surface area (Å²) in [4.78, 5) is 17.7. The van der Waals surface area contributed by atoms with Crippen LogP contribution in [-0.4, -0.2) is 50.2 Å². The van der Waals surface area contributed by atoms with E-state index in [0.717, 1.165) is 5.56 Å². The van der Waals surface area contributed by atoms with E-state index in [1.807, 2.05) is 24.3 Å². The van der Waals surface area contributed by atoms with Gasteiger partial charge in [0.2, 0.25) is 10.0 Å². The lowest BCUT2D eigenvalue weighted by Gasteiger charge is -2.36. The van der Waals surface area contributed by atoms with Crippen molar-refractivity contribution >= 4 is 21.6 Å². The lowest BCUT2D eigenvalue weighted by molar-refractivity contribution is -0.115. The SMILES string of the molecule is COc1ccc(S(=O)(=O)N2CCC3(CC2)N=C(c2ccc(C(C)(C)C)cc2)C(=O)N3)cc1.